The molecule has 2 amide bonds. The molecule has 0 aliphatic heterocycles. The minimum absolute atomic E-state index is 0.0443. The number of primary sulfonamides is 1. The largest absolute Gasteiger partial charge is 0.356 e. The third-order valence-corrected chi connectivity index (χ3v) is 6.15. The SMILES string of the molecule is NS(=O)(=O)c1ccc(CCNC(=O)CCc2csc(NC(=O)c3ccc(=O)[nH]c3)n2)cc1. The number of sulfonamides is 1. The number of thiazole rings is 1. The summed E-state index contributed by atoms with van der Waals surface area (Å²) in [6.45, 7) is 0.408. The highest BCUT2D eigenvalue weighted by molar-refractivity contribution is 7.89. The molecule has 0 saturated heterocycles. The Morgan fingerprint density at radius 3 is 2.50 bits per heavy atom. The van der Waals surface area contributed by atoms with Gasteiger partial charge in [0, 0.05) is 30.6 Å². The van der Waals surface area contributed by atoms with Gasteiger partial charge in [-0.05, 0) is 36.6 Å². The lowest BCUT2D eigenvalue weighted by Crippen LogP contribution is -2.25. The quantitative estimate of drug-likeness (QED) is 0.361. The number of carbonyl (C=O) groups is 2. The lowest BCUT2D eigenvalue weighted by molar-refractivity contribution is -0.121. The smallest absolute Gasteiger partial charge is 0.258 e. The number of aromatic amines is 1. The third kappa shape index (κ3) is 6.83. The molecule has 1 aromatic carbocycles. The summed E-state index contributed by atoms with van der Waals surface area (Å²) in [6, 6.07) is 8.86. The van der Waals surface area contributed by atoms with Crippen LogP contribution < -0.4 is 21.3 Å². The number of hydrogen-bond acceptors (Lipinski definition) is 7. The first kappa shape index (κ1) is 23.3. The summed E-state index contributed by atoms with van der Waals surface area (Å²) < 4.78 is 22.5. The van der Waals surface area contributed by atoms with Crippen LogP contribution in [0.25, 0.3) is 0 Å². The maximum Gasteiger partial charge on any atom is 0.258 e. The molecular formula is C20H21N5O5S2. The van der Waals surface area contributed by atoms with Crippen LogP contribution in [0.4, 0.5) is 5.13 Å². The van der Waals surface area contributed by atoms with Crippen molar-refractivity contribution in [3.63, 3.8) is 0 Å². The summed E-state index contributed by atoms with van der Waals surface area (Å²) in [5, 5.41) is 12.7. The maximum atomic E-state index is 12.1. The van der Waals surface area contributed by atoms with E-state index in [1.165, 1.54) is 41.8 Å². The van der Waals surface area contributed by atoms with Gasteiger partial charge in [-0.1, -0.05) is 12.1 Å². The Bertz CT molecular complexity index is 1250. The first-order chi connectivity index (χ1) is 15.2. The number of nitrogens with zero attached hydrogens (tertiary/aromatic N) is 1. The van der Waals surface area contributed by atoms with Crippen LogP contribution in [0.15, 0.2) is 57.7 Å². The molecule has 168 valence electrons. The molecule has 0 aliphatic carbocycles. The molecule has 0 unspecified atom stereocenters. The molecule has 12 heteroatoms. The van der Waals surface area contributed by atoms with Crippen molar-refractivity contribution in [2.45, 2.75) is 24.2 Å². The summed E-state index contributed by atoms with van der Waals surface area (Å²) >= 11 is 1.25. The van der Waals surface area contributed by atoms with Gasteiger partial charge in [-0.2, -0.15) is 0 Å². The second kappa shape index (κ2) is 10.3. The molecule has 3 rings (SSSR count). The van der Waals surface area contributed by atoms with Gasteiger partial charge in [-0.15, -0.1) is 11.3 Å². The van der Waals surface area contributed by atoms with Gasteiger partial charge in [0.1, 0.15) is 0 Å². The van der Waals surface area contributed by atoms with E-state index in [2.05, 4.69) is 20.6 Å². The molecule has 2 aromatic heterocycles. The molecule has 0 aliphatic rings. The number of H-pyrrole nitrogens is 1. The van der Waals surface area contributed by atoms with Crippen molar-refractivity contribution in [1.82, 2.24) is 15.3 Å². The van der Waals surface area contributed by atoms with E-state index < -0.39 is 15.9 Å². The second-order valence-electron chi connectivity index (χ2n) is 6.83. The van der Waals surface area contributed by atoms with Crippen molar-refractivity contribution in [3.8, 4) is 0 Å². The molecular weight excluding hydrogens is 454 g/mol. The van der Waals surface area contributed by atoms with E-state index in [-0.39, 0.29) is 22.8 Å². The number of aromatic nitrogens is 2. The summed E-state index contributed by atoms with van der Waals surface area (Å²) in [5.41, 5.74) is 1.57. The van der Waals surface area contributed by atoms with Gasteiger partial charge in [0.25, 0.3) is 5.91 Å². The van der Waals surface area contributed by atoms with E-state index in [1.807, 2.05) is 0 Å². The van der Waals surface area contributed by atoms with Crippen molar-refractivity contribution >= 4 is 38.3 Å². The number of aryl methyl sites for hydroxylation is 1. The van der Waals surface area contributed by atoms with Crippen LogP contribution in [0, 0.1) is 0 Å². The van der Waals surface area contributed by atoms with Crippen LogP contribution in [-0.2, 0) is 27.7 Å². The number of anilines is 1. The summed E-state index contributed by atoms with van der Waals surface area (Å²) in [6.07, 6.45) is 2.53. The molecule has 32 heavy (non-hydrogen) atoms. The Labute approximate surface area is 187 Å². The number of benzene rings is 1. The Morgan fingerprint density at radius 1 is 1.09 bits per heavy atom. The lowest BCUT2D eigenvalue weighted by Gasteiger charge is -2.06. The predicted octanol–water partition coefficient (Wildman–Crippen LogP) is 1.02. The minimum atomic E-state index is -3.72. The molecule has 5 N–H and O–H groups in total. The van der Waals surface area contributed by atoms with Gasteiger partial charge < -0.3 is 10.3 Å². The van der Waals surface area contributed by atoms with Crippen LogP contribution in [0.1, 0.15) is 28.0 Å². The number of carbonyl (C=O) groups excluding carboxylic acids is 2. The van der Waals surface area contributed by atoms with Crippen LogP contribution in [0.2, 0.25) is 0 Å². The standard InChI is InChI=1S/C20H21N5O5S2/c21-32(29,30)16-5-1-13(2-6-16)9-10-22-17(26)8-4-15-12-31-20(24-15)25-19(28)14-3-7-18(27)23-11-14/h1-3,5-7,11-12H,4,8-10H2,(H,22,26)(H,23,27)(H2,21,29,30)(H,24,25,28). The number of nitrogens with one attached hydrogen (secondary N) is 3. The number of hydrogen-bond donors (Lipinski definition) is 4. The minimum Gasteiger partial charge on any atom is -0.356 e. The number of amides is 2. The third-order valence-electron chi connectivity index (χ3n) is 4.41. The zero-order chi connectivity index (χ0) is 23.1. The van der Waals surface area contributed by atoms with Crippen LogP contribution in [0.3, 0.4) is 0 Å². The predicted molar refractivity (Wildman–Crippen MR) is 120 cm³/mol. The van der Waals surface area contributed by atoms with E-state index in [1.54, 1.807) is 17.5 Å². The lowest BCUT2D eigenvalue weighted by atomic mass is 10.1. The van der Waals surface area contributed by atoms with Gasteiger partial charge in [0.15, 0.2) is 5.13 Å². The summed E-state index contributed by atoms with van der Waals surface area (Å²) in [5.74, 6) is -0.532. The number of pyridine rings is 1. The van der Waals surface area contributed by atoms with Crippen molar-refractivity contribution in [2.24, 2.45) is 5.14 Å². The van der Waals surface area contributed by atoms with Crippen molar-refractivity contribution in [1.29, 1.82) is 0 Å². The molecule has 0 fully saturated rings. The number of nitrogens with two attached hydrogens (primary N) is 1. The van der Waals surface area contributed by atoms with Gasteiger partial charge in [0.2, 0.25) is 21.5 Å². The molecule has 0 saturated carbocycles. The normalized spacial score (nSPS) is 11.2. The Morgan fingerprint density at radius 2 is 1.84 bits per heavy atom. The molecule has 3 aromatic rings. The Balaban J connectivity index is 1.40. The topological polar surface area (TPSA) is 164 Å². The molecule has 0 atom stereocenters. The first-order valence-corrected chi connectivity index (χ1v) is 12.0. The maximum absolute atomic E-state index is 12.1. The first-order valence-electron chi connectivity index (χ1n) is 9.53. The van der Waals surface area contributed by atoms with Crippen molar-refractivity contribution < 1.29 is 18.0 Å². The van der Waals surface area contributed by atoms with Gasteiger partial charge in [0.05, 0.1) is 16.2 Å². The molecule has 0 spiro atoms. The van der Waals surface area contributed by atoms with E-state index >= 15 is 0 Å². The zero-order valence-corrected chi connectivity index (χ0v) is 18.5. The molecule has 0 bridgehead atoms. The van der Waals surface area contributed by atoms with Gasteiger partial charge in [-0.25, -0.2) is 18.5 Å². The average molecular weight is 476 g/mol. The average Bonchev–Trinajstić information content (AvgIpc) is 3.20. The van der Waals surface area contributed by atoms with E-state index in [0.717, 1.165) is 5.56 Å². The fraction of sp³-hybridized carbons (Fsp3) is 0.200. The zero-order valence-electron chi connectivity index (χ0n) is 16.8. The fourth-order valence-electron chi connectivity index (χ4n) is 2.72. The Kier molecular flexibility index (Phi) is 7.51. The second-order valence-corrected chi connectivity index (χ2v) is 9.25. The number of rotatable bonds is 9. The van der Waals surface area contributed by atoms with Gasteiger partial charge in [-0.3, -0.25) is 19.7 Å². The van der Waals surface area contributed by atoms with E-state index in [4.69, 9.17) is 5.14 Å². The van der Waals surface area contributed by atoms with Crippen LogP contribution >= 0.6 is 11.3 Å². The summed E-state index contributed by atoms with van der Waals surface area (Å²) in [7, 11) is -3.72. The highest BCUT2D eigenvalue weighted by Crippen LogP contribution is 2.17. The van der Waals surface area contributed by atoms with Crippen LogP contribution in [0.5, 0.6) is 0 Å². The monoisotopic (exact) mass is 475 g/mol. The Hall–Kier alpha value is -3.35. The fourth-order valence-corrected chi connectivity index (χ4v) is 3.98. The molecule has 0 radical (unpaired) electrons. The highest BCUT2D eigenvalue weighted by Gasteiger charge is 2.11. The van der Waals surface area contributed by atoms with E-state index in [9.17, 15) is 22.8 Å². The van der Waals surface area contributed by atoms with Crippen molar-refractivity contribution in [2.75, 3.05) is 11.9 Å². The highest BCUT2D eigenvalue weighted by atomic mass is 32.2. The molecule has 2 heterocycles. The molecule has 10 nitrogen and oxygen atoms in total. The van der Waals surface area contributed by atoms with Crippen LogP contribution in [-0.4, -0.2) is 36.7 Å². The van der Waals surface area contributed by atoms with Crippen molar-refractivity contribution in [3.05, 3.63) is 75.1 Å². The summed E-state index contributed by atoms with van der Waals surface area (Å²) in [4.78, 5) is 42.0. The van der Waals surface area contributed by atoms with E-state index in [0.29, 0.717) is 35.8 Å². The van der Waals surface area contributed by atoms with Gasteiger partial charge >= 0.3 is 0 Å².